The van der Waals surface area contributed by atoms with E-state index in [0.717, 1.165) is 36.6 Å². The molecule has 3 rings (SSSR count). The molecule has 104 valence electrons. The molecule has 1 fully saturated rings. The lowest BCUT2D eigenvalue weighted by Crippen LogP contribution is -2.50. The predicted molar refractivity (Wildman–Crippen MR) is 74.0 cm³/mol. The third kappa shape index (κ3) is 2.49. The van der Waals surface area contributed by atoms with Gasteiger partial charge in [0.25, 0.3) is 5.82 Å². The molecular weight excluding hydrogens is 259 g/mol. The number of anilines is 2. The van der Waals surface area contributed by atoms with E-state index >= 15 is 0 Å². The molecule has 20 heavy (non-hydrogen) atoms. The van der Waals surface area contributed by atoms with Crippen molar-refractivity contribution in [1.82, 2.24) is 4.98 Å². The molecule has 5 nitrogen and oxygen atoms in total. The molecule has 0 N–H and O–H groups in total. The maximum atomic E-state index is 12.9. The number of piperazine rings is 1. The average molecular weight is 274 g/mol. The second kappa shape index (κ2) is 5.32. The van der Waals surface area contributed by atoms with Gasteiger partial charge in [-0.15, -0.1) is 0 Å². The van der Waals surface area contributed by atoms with Crippen LogP contribution in [0.5, 0.6) is 0 Å². The van der Waals surface area contributed by atoms with Gasteiger partial charge in [0.15, 0.2) is 0 Å². The number of hydrogen-bond acceptors (Lipinski definition) is 4. The van der Waals surface area contributed by atoms with Crippen LogP contribution in [0.15, 0.2) is 42.9 Å². The molecule has 1 aromatic heterocycles. The Morgan fingerprint density at radius 3 is 2.35 bits per heavy atom. The van der Waals surface area contributed by atoms with Gasteiger partial charge in [0.05, 0.1) is 19.3 Å². The first-order valence-electron chi connectivity index (χ1n) is 6.53. The summed E-state index contributed by atoms with van der Waals surface area (Å²) in [5, 5.41) is 11.7. The van der Waals surface area contributed by atoms with Crippen LogP contribution in [0, 0.1) is 11.0 Å². The second-order valence-electron chi connectivity index (χ2n) is 4.71. The van der Waals surface area contributed by atoms with Gasteiger partial charge < -0.3 is 10.1 Å². The fraction of sp³-hybridized carbons (Fsp3) is 0.286. The minimum atomic E-state index is -0.227. The Morgan fingerprint density at radius 1 is 1.05 bits per heavy atom. The molecule has 1 aliphatic rings. The molecule has 2 aromatic rings. The Bertz CT molecular complexity index is 582. The summed E-state index contributed by atoms with van der Waals surface area (Å²) < 4.78 is 13.7. The van der Waals surface area contributed by atoms with Crippen molar-refractivity contribution in [3.63, 3.8) is 0 Å². The number of halogens is 1. The minimum absolute atomic E-state index is 0.227. The molecule has 0 bridgehead atoms. The van der Waals surface area contributed by atoms with E-state index < -0.39 is 0 Å². The summed E-state index contributed by atoms with van der Waals surface area (Å²) in [6.07, 6.45) is 4.47. The van der Waals surface area contributed by atoms with Gasteiger partial charge in [-0.2, -0.15) is 0 Å². The molecule has 1 saturated heterocycles. The summed E-state index contributed by atoms with van der Waals surface area (Å²) in [7, 11) is 0. The van der Waals surface area contributed by atoms with Crippen molar-refractivity contribution < 1.29 is 9.12 Å². The molecule has 0 spiro atoms. The number of aromatic nitrogens is 2. The Morgan fingerprint density at radius 2 is 1.70 bits per heavy atom. The molecule has 0 amide bonds. The number of rotatable bonds is 2. The van der Waals surface area contributed by atoms with E-state index in [1.165, 1.54) is 24.5 Å². The van der Waals surface area contributed by atoms with Crippen LogP contribution in [0.4, 0.5) is 15.9 Å². The van der Waals surface area contributed by atoms with Crippen molar-refractivity contribution in [1.29, 1.82) is 0 Å². The largest absolute Gasteiger partial charge is 0.711 e. The first kappa shape index (κ1) is 12.7. The van der Waals surface area contributed by atoms with Gasteiger partial charge in [-0.25, -0.2) is 9.12 Å². The number of nitrogens with zero attached hydrogens (tertiary/aromatic N) is 4. The molecule has 0 radical (unpaired) electrons. The van der Waals surface area contributed by atoms with Gasteiger partial charge in [0.2, 0.25) is 0 Å². The molecule has 0 unspecified atom stereocenters. The van der Waals surface area contributed by atoms with Crippen LogP contribution < -0.4 is 14.5 Å². The van der Waals surface area contributed by atoms with E-state index in [9.17, 15) is 9.60 Å². The van der Waals surface area contributed by atoms with Gasteiger partial charge in [-0.1, -0.05) is 0 Å². The zero-order chi connectivity index (χ0) is 13.9. The second-order valence-corrected chi connectivity index (χ2v) is 4.71. The Labute approximate surface area is 116 Å². The van der Waals surface area contributed by atoms with Crippen molar-refractivity contribution in [3.8, 4) is 0 Å². The highest BCUT2D eigenvalue weighted by Gasteiger charge is 2.24. The lowest BCUT2D eigenvalue weighted by molar-refractivity contribution is -0.592. The van der Waals surface area contributed by atoms with Crippen LogP contribution in [0.25, 0.3) is 0 Å². The zero-order valence-corrected chi connectivity index (χ0v) is 10.9. The summed E-state index contributed by atoms with van der Waals surface area (Å²) in [5.74, 6) is 0.349. The number of hydrogen-bond donors (Lipinski definition) is 0. The predicted octanol–water partition coefficient (Wildman–Crippen LogP) is 1.18. The third-order valence-corrected chi connectivity index (χ3v) is 3.50. The summed E-state index contributed by atoms with van der Waals surface area (Å²) in [6, 6.07) is 6.49. The van der Waals surface area contributed by atoms with E-state index in [0.29, 0.717) is 5.82 Å². The molecule has 0 saturated carbocycles. The standard InChI is InChI=1S/C14H15FN4O/c15-12-1-3-13(4-2-12)17-7-9-18(10-8-17)14-11-16-5-6-19(14)20/h1-6,11H,7-10H2. The van der Waals surface area contributed by atoms with Crippen LogP contribution in [0.3, 0.4) is 0 Å². The first-order valence-corrected chi connectivity index (χ1v) is 6.53. The van der Waals surface area contributed by atoms with E-state index in [-0.39, 0.29) is 5.82 Å². The highest BCUT2D eigenvalue weighted by atomic mass is 19.1. The lowest BCUT2D eigenvalue weighted by Gasteiger charge is -2.33. The molecular formula is C14H15FN4O. The monoisotopic (exact) mass is 274 g/mol. The van der Waals surface area contributed by atoms with Crippen LogP contribution in [-0.4, -0.2) is 31.2 Å². The number of benzene rings is 1. The van der Waals surface area contributed by atoms with Gasteiger partial charge in [-0.05, 0) is 24.3 Å². The first-order chi connectivity index (χ1) is 9.74. The fourth-order valence-corrected chi connectivity index (χ4v) is 2.41. The van der Waals surface area contributed by atoms with Crippen molar-refractivity contribution in [2.75, 3.05) is 36.0 Å². The van der Waals surface area contributed by atoms with E-state index in [2.05, 4.69) is 9.88 Å². The van der Waals surface area contributed by atoms with Gasteiger partial charge in [-0.3, -0.25) is 9.88 Å². The summed E-state index contributed by atoms with van der Waals surface area (Å²) in [6.45, 7) is 3.07. The summed E-state index contributed by atoms with van der Waals surface area (Å²) >= 11 is 0. The Hall–Kier alpha value is -2.37. The molecule has 6 heteroatoms. The molecule has 1 aromatic carbocycles. The average Bonchev–Trinajstić information content (AvgIpc) is 2.49. The fourth-order valence-electron chi connectivity index (χ4n) is 2.41. The van der Waals surface area contributed by atoms with E-state index in [1.54, 1.807) is 18.3 Å². The van der Waals surface area contributed by atoms with Gasteiger partial charge in [0.1, 0.15) is 31.3 Å². The van der Waals surface area contributed by atoms with Gasteiger partial charge >= 0.3 is 0 Å². The molecule has 0 aliphatic carbocycles. The Kier molecular flexibility index (Phi) is 3.37. The summed E-state index contributed by atoms with van der Waals surface area (Å²) in [5.41, 5.74) is 1.01. The third-order valence-electron chi connectivity index (χ3n) is 3.50. The SMILES string of the molecule is [O-][n+]1ccncc1N1CCN(c2ccc(F)cc2)CC1. The maximum Gasteiger partial charge on any atom is 0.298 e. The van der Waals surface area contributed by atoms with Crippen LogP contribution in [0.2, 0.25) is 0 Å². The summed E-state index contributed by atoms with van der Waals surface area (Å²) in [4.78, 5) is 8.19. The molecule has 2 heterocycles. The minimum Gasteiger partial charge on any atom is -0.711 e. The maximum absolute atomic E-state index is 12.9. The van der Waals surface area contributed by atoms with E-state index in [1.807, 2.05) is 4.90 Å². The van der Waals surface area contributed by atoms with Crippen molar-refractivity contribution in [3.05, 3.63) is 53.9 Å². The normalized spacial score (nSPS) is 15.4. The molecule has 1 aliphatic heterocycles. The zero-order valence-electron chi connectivity index (χ0n) is 10.9. The van der Waals surface area contributed by atoms with Crippen LogP contribution in [0.1, 0.15) is 0 Å². The Balaban J connectivity index is 1.68. The van der Waals surface area contributed by atoms with Crippen LogP contribution in [-0.2, 0) is 0 Å². The highest BCUT2D eigenvalue weighted by Crippen LogP contribution is 2.18. The topological polar surface area (TPSA) is 46.3 Å². The van der Waals surface area contributed by atoms with E-state index in [4.69, 9.17) is 0 Å². The molecule has 0 atom stereocenters. The lowest BCUT2D eigenvalue weighted by atomic mass is 10.2. The quantitative estimate of drug-likeness (QED) is 0.609. The highest BCUT2D eigenvalue weighted by molar-refractivity contribution is 5.48. The van der Waals surface area contributed by atoms with Crippen LogP contribution >= 0.6 is 0 Å². The smallest absolute Gasteiger partial charge is 0.298 e. The van der Waals surface area contributed by atoms with Gasteiger partial charge in [0, 0.05) is 5.69 Å². The van der Waals surface area contributed by atoms with Crippen molar-refractivity contribution in [2.24, 2.45) is 0 Å². The van der Waals surface area contributed by atoms with Crippen molar-refractivity contribution >= 4 is 11.5 Å². The van der Waals surface area contributed by atoms with Crippen molar-refractivity contribution in [2.45, 2.75) is 0 Å².